The van der Waals surface area contributed by atoms with Crippen LogP contribution in [0.15, 0.2) is 72.9 Å². The van der Waals surface area contributed by atoms with Crippen molar-refractivity contribution in [2.75, 3.05) is 26.4 Å². The lowest BCUT2D eigenvalue weighted by Crippen LogP contribution is -2.23. The van der Waals surface area contributed by atoms with Crippen molar-refractivity contribution in [3.05, 3.63) is 72.9 Å². The zero-order chi connectivity index (χ0) is 26.7. The molecule has 2 atom stereocenters. The summed E-state index contributed by atoms with van der Waals surface area (Å²) in [6.45, 7) is 1.21. The fraction of sp³-hybridized carbons (Fsp3) is 0.519. The molecule has 0 aromatic carbocycles. The van der Waals surface area contributed by atoms with E-state index in [-0.39, 0.29) is 26.2 Å². The van der Waals surface area contributed by atoms with Gasteiger partial charge in [0.05, 0.1) is 13.2 Å². The molecular weight excluding hydrogens is 481 g/mol. The van der Waals surface area contributed by atoms with Gasteiger partial charge in [-0.1, -0.05) is 79.8 Å². The van der Waals surface area contributed by atoms with Crippen molar-refractivity contribution in [3.8, 4) is 0 Å². The predicted molar refractivity (Wildman–Crippen MR) is 145 cm³/mol. The molecule has 0 saturated carbocycles. The van der Waals surface area contributed by atoms with Crippen LogP contribution >= 0.6 is 7.82 Å². The van der Waals surface area contributed by atoms with E-state index in [4.69, 9.17) is 10.5 Å². The number of ether oxygens (including phenoxy) is 1. The molecule has 2 unspecified atom stereocenters. The Morgan fingerprint density at radius 2 is 1.28 bits per heavy atom. The van der Waals surface area contributed by atoms with Gasteiger partial charge in [-0.2, -0.15) is 0 Å². The smallest absolute Gasteiger partial charge is 0.463 e. The Bertz CT molecular complexity index is 772. The molecule has 0 rings (SSSR count). The predicted octanol–water partition coefficient (Wildman–Crippen LogP) is 5.46. The van der Waals surface area contributed by atoms with Crippen LogP contribution in [0.4, 0.5) is 0 Å². The van der Waals surface area contributed by atoms with Gasteiger partial charge in [0.15, 0.2) is 0 Å². The summed E-state index contributed by atoms with van der Waals surface area (Å²) in [5.74, 6) is -0.472. The molecule has 8 nitrogen and oxygen atoms in total. The summed E-state index contributed by atoms with van der Waals surface area (Å²) in [4.78, 5) is 21.0. The lowest BCUT2D eigenvalue weighted by atomic mass is 10.2. The molecule has 36 heavy (non-hydrogen) atoms. The minimum absolute atomic E-state index is 0.0604. The van der Waals surface area contributed by atoms with Crippen LogP contribution in [-0.2, 0) is 23.1 Å². The second kappa shape index (κ2) is 24.6. The summed E-state index contributed by atoms with van der Waals surface area (Å²) >= 11 is 0. The first kappa shape index (κ1) is 33.9. The lowest BCUT2D eigenvalue weighted by Gasteiger charge is -2.15. The summed E-state index contributed by atoms with van der Waals surface area (Å²) in [5.41, 5.74) is 5.16. The standard InChI is InChI=1S/C27H44NO7P/c1-2-3-4-5-6-7-8-9-10-11-12-13-14-15-16-17-18-19-20-21-27(30)33-24-26(29)25-35-36(31,32)34-23-22-28/h3-4,6-7,9-10,12-13,15-16,18-19,26,29H,2,5,8,11,14,17,20-25,28H2,1H3,(H,31,32)/b4-3+,7-6+,10-9+,13-12+,16-15+,19-18+. The SMILES string of the molecule is CC/C=C/C/C=C/C/C=C/C/C=C/C/C=C/C/C=C/CCC(=O)OCC(O)COP(=O)(O)OCCN. The summed E-state index contributed by atoms with van der Waals surface area (Å²) in [7, 11) is -4.27. The van der Waals surface area contributed by atoms with E-state index in [9.17, 15) is 19.4 Å². The molecule has 9 heteroatoms. The zero-order valence-corrected chi connectivity index (χ0v) is 22.3. The van der Waals surface area contributed by atoms with Crippen molar-refractivity contribution >= 4 is 13.8 Å². The van der Waals surface area contributed by atoms with Crippen molar-refractivity contribution < 1.29 is 33.1 Å². The number of phosphoric ester groups is 1. The molecule has 0 aromatic heterocycles. The van der Waals surface area contributed by atoms with Crippen LogP contribution in [0, 0.1) is 0 Å². The molecule has 0 aliphatic rings. The second-order valence-corrected chi connectivity index (χ2v) is 9.13. The van der Waals surface area contributed by atoms with Gasteiger partial charge in [0, 0.05) is 13.0 Å². The molecule has 0 heterocycles. The van der Waals surface area contributed by atoms with Gasteiger partial charge in [0.25, 0.3) is 0 Å². The third-order valence-electron chi connectivity index (χ3n) is 4.35. The third-order valence-corrected chi connectivity index (χ3v) is 5.33. The average Bonchev–Trinajstić information content (AvgIpc) is 2.86. The van der Waals surface area contributed by atoms with Gasteiger partial charge >= 0.3 is 13.8 Å². The van der Waals surface area contributed by atoms with Gasteiger partial charge in [-0.3, -0.25) is 13.8 Å². The number of carbonyl (C=O) groups is 1. The van der Waals surface area contributed by atoms with Crippen molar-refractivity contribution in [1.82, 2.24) is 0 Å². The van der Waals surface area contributed by atoms with Crippen molar-refractivity contribution in [2.24, 2.45) is 5.73 Å². The van der Waals surface area contributed by atoms with Crippen molar-refractivity contribution in [3.63, 3.8) is 0 Å². The maximum atomic E-state index is 11.7. The van der Waals surface area contributed by atoms with Gasteiger partial charge in [0.2, 0.25) is 0 Å². The van der Waals surface area contributed by atoms with Crippen LogP contribution in [0.5, 0.6) is 0 Å². The molecule has 0 saturated heterocycles. The Hall–Kier alpha value is -2.06. The maximum Gasteiger partial charge on any atom is 0.472 e. The van der Waals surface area contributed by atoms with Crippen LogP contribution in [0.2, 0.25) is 0 Å². The van der Waals surface area contributed by atoms with E-state index in [1.54, 1.807) is 0 Å². The fourth-order valence-corrected chi connectivity index (χ4v) is 3.31. The molecule has 0 aromatic rings. The molecule has 0 aliphatic carbocycles. The largest absolute Gasteiger partial charge is 0.472 e. The normalized spacial score (nSPS) is 15.3. The number of nitrogens with two attached hydrogens (primary N) is 1. The van der Waals surface area contributed by atoms with Crippen LogP contribution in [-0.4, -0.2) is 48.4 Å². The number of aliphatic hydroxyl groups excluding tert-OH is 1. The molecule has 0 amide bonds. The number of phosphoric acid groups is 1. The molecule has 204 valence electrons. The molecule has 0 spiro atoms. The Labute approximate surface area is 216 Å². The number of hydrogen-bond acceptors (Lipinski definition) is 7. The first-order valence-corrected chi connectivity index (χ1v) is 14.0. The Balaban J connectivity index is 3.74. The number of hydrogen-bond donors (Lipinski definition) is 3. The highest BCUT2D eigenvalue weighted by molar-refractivity contribution is 7.47. The van der Waals surface area contributed by atoms with Crippen molar-refractivity contribution in [1.29, 1.82) is 0 Å². The first-order valence-electron chi connectivity index (χ1n) is 12.5. The highest BCUT2D eigenvalue weighted by Crippen LogP contribution is 2.42. The van der Waals surface area contributed by atoms with Crippen LogP contribution in [0.25, 0.3) is 0 Å². The number of esters is 1. The Kier molecular flexibility index (Phi) is 23.2. The van der Waals surface area contributed by atoms with E-state index in [0.717, 1.165) is 38.5 Å². The summed E-state index contributed by atoms with van der Waals surface area (Å²) in [6.07, 6.45) is 30.5. The first-order chi connectivity index (χ1) is 17.4. The number of carbonyl (C=O) groups excluding carboxylic acids is 1. The highest BCUT2D eigenvalue weighted by Gasteiger charge is 2.22. The summed E-state index contributed by atoms with van der Waals surface area (Å²) in [6, 6.07) is 0. The molecule has 0 aliphatic heterocycles. The van der Waals surface area contributed by atoms with E-state index in [1.165, 1.54) is 0 Å². The van der Waals surface area contributed by atoms with E-state index in [1.807, 2.05) is 12.2 Å². The Morgan fingerprint density at radius 3 is 1.75 bits per heavy atom. The second-order valence-electron chi connectivity index (χ2n) is 7.68. The van der Waals surface area contributed by atoms with Crippen LogP contribution < -0.4 is 5.73 Å². The maximum absolute atomic E-state index is 11.7. The lowest BCUT2D eigenvalue weighted by molar-refractivity contribution is -0.147. The average molecular weight is 526 g/mol. The van der Waals surface area contributed by atoms with E-state index < -0.39 is 26.5 Å². The van der Waals surface area contributed by atoms with Gasteiger partial charge < -0.3 is 20.5 Å². The van der Waals surface area contributed by atoms with Crippen LogP contribution in [0.1, 0.15) is 58.3 Å². The topological polar surface area (TPSA) is 128 Å². The number of allylic oxidation sites excluding steroid dienone is 12. The van der Waals surface area contributed by atoms with E-state index >= 15 is 0 Å². The number of rotatable bonds is 22. The molecule has 0 radical (unpaired) electrons. The van der Waals surface area contributed by atoms with E-state index in [2.05, 4.69) is 76.7 Å². The highest BCUT2D eigenvalue weighted by atomic mass is 31.2. The van der Waals surface area contributed by atoms with Gasteiger partial charge in [-0.15, -0.1) is 0 Å². The molecular formula is C27H44NO7P. The van der Waals surface area contributed by atoms with E-state index in [0.29, 0.717) is 6.42 Å². The van der Waals surface area contributed by atoms with Gasteiger partial charge in [-0.05, 0) is 44.9 Å². The fourth-order valence-electron chi connectivity index (χ4n) is 2.54. The monoisotopic (exact) mass is 525 g/mol. The summed E-state index contributed by atoms with van der Waals surface area (Å²) < 4.78 is 25.5. The summed E-state index contributed by atoms with van der Waals surface area (Å²) in [5, 5.41) is 9.67. The molecule has 0 bridgehead atoms. The molecule has 4 N–H and O–H groups in total. The quantitative estimate of drug-likeness (QED) is 0.0966. The minimum Gasteiger partial charge on any atom is -0.463 e. The molecule has 0 fully saturated rings. The zero-order valence-electron chi connectivity index (χ0n) is 21.5. The van der Waals surface area contributed by atoms with Gasteiger partial charge in [0.1, 0.15) is 12.7 Å². The van der Waals surface area contributed by atoms with Crippen LogP contribution in [0.3, 0.4) is 0 Å². The third kappa shape index (κ3) is 25.0. The Morgan fingerprint density at radius 1 is 0.806 bits per heavy atom. The van der Waals surface area contributed by atoms with Gasteiger partial charge in [-0.25, -0.2) is 4.57 Å². The minimum atomic E-state index is -4.27. The number of aliphatic hydroxyl groups is 1. The van der Waals surface area contributed by atoms with Crippen molar-refractivity contribution in [2.45, 2.75) is 64.4 Å².